The lowest BCUT2D eigenvalue weighted by Crippen LogP contribution is -2.16. The van der Waals surface area contributed by atoms with Crippen molar-refractivity contribution >= 4 is 11.3 Å². The Morgan fingerprint density at radius 2 is 2.06 bits per heavy atom. The summed E-state index contributed by atoms with van der Waals surface area (Å²) in [5.74, 6) is -0.00434. The molecular formula is C13H16FN3S. The summed E-state index contributed by atoms with van der Waals surface area (Å²) in [4.78, 5) is 9.65. The standard InChI is InChI=1S/C13H16FN3S/c1-7(2)11(15)13-17-12(8(3)18-13)10-5-4-9(14)6-16-10/h4-7,11H,15H2,1-3H3. The van der Waals surface area contributed by atoms with Crippen molar-refractivity contribution in [1.82, 2.24) is 9.97 Å². The average Bonchev–Trinajstić information content (AvgIpc) is 2.71. The molecule has 2 heterocycles. The highest BCUT2D eigenvalue weighted by Crippen LogP contribution is 2.31. The number of pyridine rings is 1. The summed E-state index contributed by atoms with van der Waals surface area (Å²) in [6.45, 7) is 6.11. The zero-order valence-electron chi connectivity index (χ0n) is 10.6. The van der Waals surface area contributed by atoms with E-state index in [-0.39, 0.29) is 11.9 Å². The maximum absolute atomic E-state index is 12.8. The summed E-state index contributed by atoms with van der Waals surface area (Å²) in [6.07, 6.45) is 1.20. The summed E-state index contributed by atoms with van der Waals surface area (Å²) in [7, 11) is 0. The number of rotatable bonds is 3. The molecule has 96 valence electrons. The number of nitrogens with zero attached hydrogens (tertiary/aromatic N) is 2. The molecule has 2 N–H and O–H groups in total. The van der Waals surface area contributed by atoms with Crippen molar-refractivity contribution in [2.45, 2.75) is 26.8 Å². The molecule has 0 radical (unpaired) electrons. The highest BCUT2D eigenvalue weighted by molar-refractivity contribution is 7.12. The van der Waals surface area contributed by atoms with Crippen molar-refractivity contribution < 1.29 is 4.39 Å². The molecule has 2 rings (SSSR count). The molecule has 0 fully saturated rings. The number of nitrogens with two attached hydrogens (primary N) is 1. The van der Waals surface area contributed by atoms with E-state index in [1.165, 1.54) is 12.3 Å². The van der Waals surface area contributed by atoms with Gasteiger partial charge in [0, 0.05) is 4.88 Å². The second-order valence-corrected chi connectivity index (χ2v) is 5.82. The minimum atomic E-state index is -0.342. The van der Waals surface area contributed by atoms with Crippen LogP contribution in [-0.2, 0) is 0 Å². The average molecular weight is 265 g/mol. The van der Waals surface area contributed by atoms with Gasteiger partial charge < -0.3 is 5.73 Å². The molecule has 1 atom stereocenters. The van der Waals surface area contributed by atoms with Gasteiger partial charge in [-0.05, 0) is 25.0 Å². The van der Waals surface area contributed by atoms with E-state index < -0.39 is 0 Å². The molecule has 0 aliphatic carbocycles. The van der Waals surface area contributed by atoms with Gasteiger partial charge in [-0.1, -0.05) is 13.8 Å². The quantitative estimate of drug-likeness (QED) is 0.926. The number of hydrogen-bond donors (Lipinski definition) is 1. The van der Waals surface area contributed by atoms with Crippen molar-refractivity contribution in [3.05, 3.63) is 34.0 Å². The van der Waals surface area contributed by atoms with Crippen LogP contribution in [0, 0.1) is 18.7 Å². The van der Waals surface area contributed by atoms with Gasteiger partial charge in [0.05, 0.1) is 17.9 Å². The highest BCUT2D eigenvalue weighted by Gasteiger charge is 2.18. The highest BCUT2D eigenvalue weighted by atomic mass is 32.1. The minimum absolute atomic E-state index is 0.0668. The molecule has 2 aromatic rings. The molecule has 0 aliphatic rings. The van der Waals surface area contributed by atoms with Gasteiger partial charge in [-0.25, -0.2) is 9.37 Å². The summed E-state index contributed by atoms with van der Waals surface area (Å²) in [6, 6.07) is 2.97. The lowest BCUT2D eigenvalue weighted by Gasteiger charge is -2.11. The number of halogens is 1. The molecule has 0 aromatic carbocycles. The van der Waals surface area contributed by atoms with Gasteiger partial charge in [0.1, 0.15) is 16.5 Å². The summed E-state index contributed by atoms with van der Waals surface area (Å²) < 4.78 is 12.8. The minimum Gasteiger partial charge on any atom is -0.322 e. The van der Waals surface area contributed by atoms with Crippen molar-refractivity contribution in [1.29, 1.82) is 0 Å². The van der Waals surface area contributed by atoms with Crippen LogP contribution in [0.2, 0.25) is 0 Å². The van der Waals surface area contributed by atoms with Crippen molar-refractivity contribution in [2.24, 2.45) is 11.7 Å². The zero-order chi connectivity index (χ0) is 13.3. The third kappa shape index (κ3) is 2.57. The SMILES string of the molecule is Cc1sc(C(N)C(C)C)nc1-c1ccc(F)cn1. The molecule has 0 saturated heterocycles. The van der Waals surface area contributed by atoms with E-state index in [1.54, 1.807) is 17.4 Å². The van der Waals surface area contributed by atoms with Gasteiger partial charge in [-0.2, -0.15) is 0 Å². The molecule has 1 unspecified atom stereocenters. The molecular weight excluding hydrogens is 249 g/mol. The fourth-order valence-electron chi connectivity index (χ4n) is 1.60. The van der Waals surface area contributed by atoms with E-state index in [2.05, 4.69) is 23.8 Å². The molecule has 3 nitrogen and oxygen atoms in total. The monoisotopic (exact) mass is 265 g/mol. The third-order valence-corrected chi connectivity index (χ3v) is 3.86. The number of aryl methyl sites for hydroxylation is 1. The first-order chi connectivity index (χ1) is 8.49. The predicted molar refractivity (Wildman–Crippen MR) is 71.8 cm³/mol. The van der Waals surface area contributed by atoms with Gasteiger partial charge in [-0.3, -0.25) is 4.98 Å². The molecule has 0 aliphatic heterocycles. The maximum Gasteiger partial charge on any atom is 0.141 e. The zero-order valence-corrected chi connectivity index (χ0v) is 11.5. The van der Waals surface area contributed by atoms with Crippen LogP contribution in [0.4, 0.5) is 4.39 Å². The lowest BCUT2D eigenvalue weighted by atomic mass is 10.1. The van der Waals surface area contributed by atoms with Gasteiger partial charge in [0.25, 0.3) is 0 Å². The van der Waals surface area contributed by atoms with Crippen LogP contribution in [0.5, 0.6) is 0 Å². The second kappa shape index (κ2) is 5.12. The Morgan fingerprint density at radius 3 is 2.61 bits per heavy atom. The van der Waals surface area contributed by atoms with Gasteiger partial charge in [0.2, 0.25) is 0 Å². The maximum atomic E-state index is 12.8. The fraction of sp³-hybridized carbons (Fsp3) is 0.385. The van der Waals surface area contributed by atoms with E-state index >= 15 is 0 Å². The van der Waals surface area contributed by atoms with Crippen molar-refractivity contribution in [2.75, 3.05) is 0 Å². The Kier molecular flexibility index (Phi) is 3.73. The Hall–Kier alpha value is -1.33. The molecule has 5 heteroatoms. The number of hydrogen-bond acceptors (Lipinski definition) is 4. The molecule has 18 heavy (non-hydrogen) atoms. The number of thiazole rings is 1. The lowest BCUT2D eigenvalue weighted by molar-refractivity contribution is 0.512. The Labute approximate surface area is 110 Å². The van der Waals surface area contributed by atoms with Gasteiger partial charge in [-0.15, -0.1) is 11.3 Å². The Balaban J connectivity index is 2.38. The summed E-state index contributed by atoms with van der Waals surface area (Å²) in [5.41, 5.74) is 7.57. The van der Waals surface area contributed by atoms with Crippen molar-refractivity contribution in [3.8, 4) is 11.4 Å². The second-order valence-electron chi connectivity index (χ2n) is 4.59. The van der Waals surface area contributed by atoms with Crippen molar-refractivity contribution in [3.63, 3.8) is 0 Å². The predicted octanol–water partition coefficient (Wildman–Crippen LogP) is 3.31. The van der Waals surface area contributed by atoms with E-state index in [9.17, 15) is 4.39 Å². The van der Waals surface area contributed by atoms with Crippen LogP contribution >= 0.6 is 11.3 Å². The Morgan fingerprint density at radius 1 is 1.33 bits per heavy atom. The fourth-order valence-corrected chi connectivity index (χ4v) is 2.70. The molecule has 2 aromatic heterocycles. The first kappa shape index (κ1) is 13.1. The third-order valence-electron chi connectivity index (χ3n) is 2.79. The topological polar surface area (TPSA) is 51.8 Å². The largest absolute Gasteiger partial charge is 0.322 e. The van der Waals surface area contributed by atoms with Crippen LogP contribution in [0.3, 0.4) is 0 Å². The summed E-state index contributed by atoms with van der Waals surface area (Å²) in [5, 5.41) is 0.906. The first-order valence-electron chi connectivity index (χ1n) is 5.84. The van der Waals surface area contributed by atoms with E-state index in [4.69, 9.17) is 5.73 Å². The smallest absolute Gasteiger partial charge is 0.141 e. The van der Waals surface area contributed by atoms with E-state index in [1.807, 2.05) is 6.92 Å². The molecule has 0 amide bonds. The normalized spacial score (nSPS) is 13.0. The van der Waals surface area contributed by atoms with Gasteiger partial charge in [0.15, 0.2) is 0 Å². The molecule has 0 bridgehead atoms. The first-order valence-corrected chi connectivity index (χ1v) is 6.65. The summed E-state index contributed by atoms with van der Waals surface area (Å²) >= 11 is 1.58. The van der Waals surface area contributed by atoms with E-state index in [0.717, 1.165) is 15.6 Å². The van der Waals surface area contributed by atoms with Crippen LogP contribution in [0.25, 0.3) is 11.4 Å². The Bertz CT molecular complexity index is 534. The van der Waals surface area contributed by atoms with E-state index in [0.29, 0.717) is 11.6 Å². The van der Waals surface area contributed by atoms with Gasteiger partial charge >= 0.3 is 0 Å². The van der Waals surface area contributed by atoms with Crippen LogP contribution in [0.1, 0.15) is 29.8 Å². The van der Waals surface area contributed by atoms with Crippen LogP contribution in [-0.4, -0.2) is 9.97 Å². The number of aromatic nitrogens is 2. The van der Waals surface area contributed by atoms with Crippen LogP contribution in [0.15, 0.2) is 18.3 Å². The molecule has 0 saturated carbocycles. The molecule has 0 spiro atoms. The van der Waals surface area contributed by atoms with Crippen LogP contribution < -0.4 is 5.73 Å².